The first-order valence-electron chi connectivity index (χ1n) is 15.0. The molecule has 0 aliphatic carbocycles. The van der Waals surface area contributed by atoms with Gasteiger partial charge in [0.15, 0.2) is 0 Å². The van der Waals surface area contributed by atoms with E-state index in [0.717, 1.165) is 43.6 Å². The minimum absolute atomic E-state index is 0.120. The van der Waals surface area contributed by atoms with Crippen molar-refractivity contribution in [3.8, 4) is 28.2 Å². The summed E-state index contributed by atoms with van der Waals surface area (Å²) in [6.07, 6.45) is 1.63. The molecule has 4 amide bonds. The number of nitrogens with zero attached hydrogens (tertiary/aromatic N) is 3. The highest BCUT2D eigenvalue weighted by Crippen LogP contribution is 2.38. The lowest BCUT2D eigenvalue weighted by Gasteiger charge is -2.33. The van der Waals surface area contributed by atoms with Gasteiger partial charge < -0.3 is 4.57 Å². The van der Waals surface area contributed by atoms with E-state index in [1.165, 1.54) is 0 Å². The lowest BCUT2D eigenvalue weighted by molar-refractivity contribution is -0.121. The molecule has 0 saturated carbocycles. The summed E-state index contributed by atoms with van der Waals surface area (Å²) in [6.45, 7) is 2.05. The van der Waals surface area contributed by atoms with Crippen LogP contribution in [0.1, 0.15) is 11.1 Å². The van der Waals surface area contributed by atoms with E-state index in [1.807, 2.05) is 85.8 Å². The average molecular weight is 600 g/mol. The predicted octanol–water partition coefficient (Wildman–Crippen LogP) is 8.70. The molecule has 0 unspecified atom stereocenters. The molecule has 6 aromatic rings. The Morgan fingerprint density at radius 3 is 1.46 bits per heavy atom. The summed E-state index contributed by atoms with van der Waals surface area (Å²) in [5, 5.41) is 0. The van der Waals surface area contributed by atoms with Crippen LogP contribution in [0.2, 0.25) is 0 Å². The molecular weight excluding hydrogens is 570 g/mol. The van der Waals surface area contributed by atoms with Crippen LogP contribution in [0.4, 0.5) is 16.2 Å². The van der Waals surface area contributed by atoms with Crippen LogP contribution in [0.15, 0.2) is 157 Å². The summed E-state index contributed by atoms with van der Waals surface area (Å²) < 4.78 is 2.16. The normalized spacial score (nSPS) is 13.3. The van der Waals surface area contributed by atoms with Crippen LogP contribution in [-0.4, -0.2) is 22.4 Å². The van der Waals surface area contributed by atoms with E-state index in [9.17, 15) is 14.4 Å². The van der Waals surface area contributed by atoms with Crippen LogP contribution in [-0.2, 0) is 9.59 Å². The molecule has 0 N–H and O–H groups in total. The van der Waals surface area contributed by atoms with Crippen LogP contribution in [0.3, 0.4) is 0 Å². The Bertz CT molecular complexity index is 2020. The zero-order chi connectivity index (χ0) is 31.6. The topological polar surface area (TPSA) is 62.6 Å². The summed E-state index contributed by atoms with van der Waals surface area (Å²) in [5.41, 5.74) is 6.94. The Kier molecular flexibility index (Phi) is 7.45. The highest BCUT2D eigenvalue weighted by molar-refractivity contribution is 6.46. The molecule has 1 aliphatic heterocycles. The third kappa shape index (κ3) is 5.12. The maximum Gasteiger partial charge on any atom is 0.343 e. The van der Waals surface area contributed by atoms with E-state index in [0.29, 0.717) is 16.9 Å². The van der Waals surface area contributed by atoms with Crippen molar-refractivity contribution < 1.29 is 14.4 Å². The zero-order valence-corrected chi connectivity index (χ0v) is 25.1. The van der Waals surface area contributed by atoms with E-state index in [2.05, 4.69) is 28.8 Å². The molecule has 1 aromatic heterocycles. The van der Waals surface area contributed by atoms with Crippen LogP contribution in [0.5, 0.6) is 0 Å². The minimum Gasteiger partial charge on any atom is -0.309 e. The van der Waals surface area contributed by atoms with Crippen LogP contribution in [0.25, 0.3) is 34.3 Å². The fourth-order valence-electron chi connectivity index (χ4n) is 5.81. The van der Waals surface area contributed by atoms with Gasteiger partial charge in [-0.1, -0.05) is 115 Å². The second-order valence-electron chi connectivity index (χ2n) is 11.0. The van der Waals surface area contributed by atoms with Crippen LogP contribution >= 0.6 is 0 Å². The van der Waals surface area contributed by atoms with Gasteiger partial charge in [0.2, 0.25) is 0 Å². The summed E-state index contributed by atoms with van der Waals surface area (Å²) in [6, 6.07) is 46.8. The molecule has 5 aromatic carbocycles. The standard InChI is InChI=1S/C40H29N3O3/c1-28-22-24-34(25-23-28)41-36(29-14-6-2-7-15-29)27-31(37(41)30-16-8-3-9-17-30)26-35-38(44)42(32-18-10-4-11-19-32)40(46)43(39(35)45)33-20-12-5-13-21-33/h2-27H,1H3. The largest absolute Gasteiger partial charge is 0.343 e. The number of amides is 4. The molecule has 0 spiro atoms. The van der Waals surface area contributed by atoms with Gasteiger partial charge in [-0.05, 0) is 66.6 Å². The lowest BCUT2D eigenvalue weighted by atomic mass is 10.0. The maximum atomic E-state index is 14.2. The number of imide groups is 2. The van der Waals surface area contributed by atoms with Crippen molar-refractivity contribution in [1.29, 1.82) is 0 Å². The third-order valence-electron chi connectivity index (χ3n) is 8.02. The number of anilines is 2. The van der Waals surface area contributed by atoms with E-state index >= 15 is 0 Å². The Balaban J connectivity index is 1.50. The SMILES string of the molecule is Cc1ccc(-n2c(-c3ccccc3)cc(C=C3C(=O)N(c4ccccc4)C(=O)N(c4ccccc4)C3=O)c2-c2ccccc2)cc1. The molecular formula is C40H29N3O3. The van der Waals surface area contributed by atoms with Crippen molar-refractivity contribution >= 4 is 35.3 Å². The number of hydrogen-bond donors (Lipinski definition) is 0. The van der Waals surface area contributed by atoms with E-state index < -0.39 is 17.8 Å². The lowest BCUT2D eigenvalue weighted by Crippen LogP contribution is -2.57. The average Bonchev–Trinajstić information content (AvgIpc) is 3.48. The molecule has 222 valence electrons. The van der Waals surface area contributed by atoms with Crippen molar-refractivity contribution in [2.24, 2.45) is 0 Å². The van der Waals surface area contributed by atoms with Gasteiger partial charge in [-0.25, -0.2) is 14.6 Å². The van der Waals surface area contributed by atoms with Gasteiger partial charge in [0.25, 0.3) is 11.8 Å². The zero-order valence-electron chi connectivity index (χ0n) is 25.1. The number of aromatic nitrogens is 1. The highest BCUT2D eigenvalue weighted by Gasteiger charge is 2.44. The fourth-order valence-corrected chi connectivity index (χ4v) is 5.81. The second kappa shape index (κ2) is 12.0. The Morgan fingerprint density at radius 1 is 0.500 bits per heavy atom. The van der Waals surface area contributed by atoms with Crippen molar-refractivity contribution in [3.63, 3.8) is 0 Å². The first-order valence-corrected chi connectivity index (χ1v) is 15.0. The predicted molar refractivity (Wildman–Crippen MR) is 183 cm³/mol. The third-order valence-corrected chi connectivity index (χ3v) is 8.02. The number of hydrogen-bond acceptors (Lipinski definition) is 3. The maximum absolute atomic E-state index is 14.2. The summed E-state index contributed by atoms with van der Waals surface area (Å²) in [7, 11) is 0. The molecule has 0 bridgehead atoms. The number of barbiturate groups is 1. The van der Waals surface area contributed by atoms with Gasteiger partial charge in [0.1, 0.15) is 5.57 Å². The first kappa shape index (κ1) is 28.5. The molecule has 46 heavy (non-hydrogen) atoms. The highest BCUT2D eigenvalue weighted by atomic mass is 16.2. The van der Waals surface area contributed by atoms with Gasteiger partial charge in [0.05, 0.1) is 22.8 Å². The molecule has 0 radical (unpaired) electrons. The molecule has 1 fully saturated rings. The van der Waals surface area contributed by atoms with Crippen molar-refractivity contribution in [2.75, 3.05) is 9.80 Å². The van der Waals surface area contributed by atoms with Crippen molar-refractivity contribution in [3.05, 3.63) is 168 Å². The molecule has 1 saturated heterocycles. The molecule has 6 nitrogen and oxygen atoms in total. The van der Waals surface area contributed by atoms with Crippen LogP contribution < -0.4 is 9.80 Å². The summed E-state index contributed by atoms with van der Waals surface area (Å²) in [5.74, 6) is -1.37. The molecule has 1 aliphatic rings. The summed E-state index contributed by atoms with van der Waals surface area (Å²) in [4.78, 5) is 44.5. The van der Waals surface area contributed by atoms with Crippen LogP contribution in [0, 0.1) is 6.92 Å². The molecule has 2 heterocycles. The number of aryl methyl sites for hydroxylation is 1. The molecule has 6 heteroatoms. The Hall–Kier alpha value is -6.27. The number of carbonyl (C=O) groups is 3. The van der Waals surface area contributed by atoms with E-state index in [4.69, 9.17) is 0 Å². The minimum atomic E-state index is -0.727. The number of urea groups is 1. The van der Waals surface area contributed by atoms with E-state index in [-0.39, 0.29) is 5.57 Å². The number of rotatable bonds is 6. The van der Waals surface area contributed by atoms with Gasteiger partial charge >= 0.3 is 6.03 Å². The monoisotopic (exact) mass is 599 g/mol. The Labute approximate surface area is 267 Å². The number of benzene rings is 5. The van der Waals surface area contributed by atoms with Gasteiger partial charge in [0, 0.05) is 11.3 Å². The number of para-hydroxylation sites is 2. The van der Waals surface area contributed by atoms with Crippen molar-refractivity contribution in [2.45, 2.75) is 6.92 Å². The van der Waals surface area contributed by atoms with Gasteiger partial charge in [-0.3, -0.25) is 9.59 Å². The van der Waals surface area contributed by atoms with Gasteiger partial charge in [-0.15, -0.1) is 0 Å². The van der Waals surface area contributed by atoms with E-state index in [1.54, 1.807) is 54.6 Å². The molecule has 0 atom stereocenters. The van der Waals surface area contributed by atoms with Gasteiger partial charge in [-0.2, -0.15) is 0 Å². The molecule has 7 rings (SSSR count). The second-order valence-corrected chi connectivity index (χ2v) is 11.0. The number of carbonyl (C=O) groups excluding carboxylic acids is 3. The quantitative estimate of drug-likeness (QED) is 0.142. The fraction of sp³-hybridized carbons (Fsp3) is 0.0250. The summed E-state index contributed by atoms with van der Waals surface area (Å²) >= 11 is 0. The smallest absolute Gasteiger partial charge is 0.309 e. The first-order chi connectivity index (χ1) is 22.5. The van der Waals surface area contributed by atoms with Crippen molar-refractivity contribution in [1.82, 2.24) is 4.57 Å². The Morgan fingerprint density at radius 2 is 0.957 bits per heavy atom.